The fourth-order valence-corrected chi connectivity index (χ4v) is 1.49. The molecule has 0 radical (unpaired) electrons. The van der Waals surface area contributed by atoms with E-state index in [1.165, 1.54) is 12.3 Å². The van der Waals surface area contributed by atoms with E-state index < -0.39 is 31.0 Å². The van der Waals surface area contributed by atoms with Gasteiger partial charge in [-0.25, -0.2) is 9.97 Å². The SMILES string of the molecule is CC(C)c1nccc(NCC(CC(=O)O)C(F)(F)F)n1. The molecular formula is C12H16F3N3O2. The number of rotatable bonds is 6. The number of hydrogen-bond donors (Lipinski definition) is 2. The third kappa shape index (κ3) is 5.02. The molecule has 20 heavy (non-hydrogen) atoms. The summed E-state index contributed by atoms with van der Waals surface area (Å²) in [5.41, 5.74) is 0. The minimum absolute atomic E-state index is 0.0502. The third-order valence-corrected chi connectivity index (χ3v) is 2.60. The average Bonchev–Trinajstić information content (AvgIpc) is 2.33. The van der Waals surface area contributed by atoms with Gasteiger partial charge in [0, 0.05) is 18.7 Å². The molecule has 0 aliphatic rings. The Balaban J connectivity index is 2.72. The molecular weight excluding hydrogens is 275 g/mol. The lowest BCUT2D eigenvalue weighted by atomic mass is 10.1. The van der Waals surface area contributed by atoms with Crippen LogP contribution in [-0.2, 0) is 4.79 Å². The predicted molar refractivity (Wildman–Crippen MR) is 66.4 cm³/mol. The van der Waals surface area contributed by atoms with E-state index in [0.717, 1.165) is 0 Å². The molecule has 1 aromatic heterocycles. The van der Waals surface area contributed by atoms with Crippen LogP contribution in [0.15, 0.2) is 12.3 Å². The van der Waals surface area contributed by atoms with E-state index in [0.29, 0.717) is 5.82 Å². The summed E-state index contributed by atoms with van der Waals surface area (Å²) in [5, 5.41) is 11.0. The van der Waals surface area contributed by atoms with Gasteiger partial charge >= 0.3 is 12.1 Å². The molecule has 0 saturated heterocycles. The van der Waals surface area contributed by atoms with Crippen LogP contribution in [0.4, 0.5) is 19.0 Å². The molecule has 8 heteroatoms. The molecule has 5 nitrogen and oxygen atoms in total. The average molecular weight is 291 g/mol. The van der Waals surface area contributed by atoms with Crippen LogP contribution >= 0.6 is 0 Å². The van der Waals surface area contributed by atoms with E-state index in [-0.39, 0.29) is 11.7 Å². The lowest BCUT2D eigenvalue weighted by molar-refractivity contribution is -0.179. The van der Waals surface area contributed by atoms with Crippen molar-refractivity contribution < 1.29 is 23.1 Å². The number of aromatic nitrogens is 2. The van der Waals surface area contributed by atoms with Crippen LogP contribution in [0, 0.1) is 5.92 Å². The fourth-order valence-electron chi connectivity index (χ4n) is 1.49. The van der Waals surface area contributed by atoms with Crippen molar-refractivity contribution in [3.05, 3.63) is 18.1 Å². The monoisotopic (exact) mass is 291 g/mol. The second-order valence-electron chi connectivity index (χ2n) is 4.67. The zero-order valence-corrected chi connectivity index (χ0v) is 11.1. The predicted octanol–water partition coefficient (Wildman–Crippen LogP) is 2.67. The van der Waals surface area contributed by atoms with Gasteiger partial charge in [-0.05, 0) is 6.07 Å². The number of carboxylic acids is 1. The summed E-state index contributed by atoms with van der Waals surface area (Å²) in [5.74, 6) is -2.63. The highest BCUT2D eigenvalue weighted by Gasteiger charge is 2.40. The molecule has 1 rings (SSSR count). The number of carbonyl (C=O) groups is 1. The van der Waals surface area contributed by atoms with Crippen LogP contribution in [0.1, 0.15) is 32.0 Å². The van der Waals surface area contributed by atoms with E-state index in [1.807, 2.05) is 13.8 Å². The number of aliphatic carboxylic acids is 1. The van der Waals surface area contributed by atoms with Crippen molar-refractivity contribution in [3.8, 4) is 0 Å². The number of carboxylic acid groups (broad SMARTS) is 1. The fraction of sp³-hybridized carbons (Fsp3) is 0.583. The number of alkyl halides is 3. The first kappa shape index (κ1) is 16.2. The summed E-state index contributed by atoms with van der Waals surface area (Å²) in [7, 11) is 0. The Labute approximate surface area is 114 Å². The molecule has 112 valence electrons. The molecule has 0 amide bonds. The molecule has 1 unspecified atom stereocenters. The van der Waals surface area contributed by atoms with Crippen LogP contribution in [0.3, 0.4) is 0 Å². The number of nitrogens with zero attached hydrogens (tertiary/aromatic N) is 2. The van der Waals surface area contributed by atoms with Gasteiger partial charge in [0.1, 0.15) is 11.6 Å². The lowest BCUT2D eigenvalue weighted by Gasteiger charge is -2.19. The van der Waals surface area contributed by atoms with Crippen molar-refractivity contribution in [1.82, 2.24) is 9.97 Å². The van der Waals surface area contributed by atoms with Gasteiger partial charge in [-0.2, -0.15) is 13.2 Å². The Kier molecular flexibility index (Phi) is 5.29. The highest BCUT2D eigenvalue weighted by Crippen LogP contribution is 2.29. The summed E-state index contributed by atoms with van der Waals surface area (Å²) >= 11 is 0. The maximum Gasteiger partial charge on any atom is 0.394 e. The topological polar surface area (TPSA) is 75.1 Å². The van der Waals surface area contributed by atoms with Gasteiger partial charge in [-0.15, -0.1) is 0 Å². The van der Waals surface area contributed by atoms with Crippen molar-refractivity contribution in [1.29, 1.82) is 0 Å². The molecule has 0 aromatic carbocycles. The maximum atomic E-state index is 12.7. The highest BCUT2D eigenvalue weighted by molar-refractivity contribution is 5.67. The van der Waals surface area contributed by atoms with E-state index in [4.69, 9.17) is 5.11 Å². The van der Waals surface area contributed by atoms with E-state index in [2.05, 4.69) is 15.3 Å². The van der Waals surface area contributed by atoms with Crippen LogP contribution in [0.5, 0.6) is 0 Å². The zero-order chi connectivity index (χ0) is 15.3. The van der Waals surface area contributed by atoms with Crippen molar-refractivity contribution in [3.63, 3.8) is 0 Å². The minimum Gasteiger partial charge on any atom is -0.481 e. The summed E-state index contributed by atoms with van der Waals surface area (Å²) < 4.78 is 38.0. The lowest BCUT2D eigenvalue weighted by Crippen LogP contribution is -2.32. The Bertz CT molecular complexity index is 464. The molecule has 2 N–H and O–H groups in total. The second kappa shape index (κ2) is 6.53. The Morgan fingerprint density at radius 3 is 2.60 bits per heavy atom. The number of halogens is 3. The van der Waals surface area contributed by atoms with Gasteiger partial charge in [0.25, 0.3) is 0 Å². The first-order chi connectivity index (χ1) is 9.20. The molecule has 1 aromatic rings. The van der Waals surface area contributed by atoms with Crippen LogP contribution in [-0.4, -0.2) is 33.8 Å². The van der Waals surface area contributed by atoms with Gasteiger partial charge in [0.05, 0.1) is 12.3 Å². The Hall–Kier alpha value is -1.86. The van der Waals surface area contributed by atoms with Crippen LogP contribution in [0.2, 0.25) is 0 Å². The largest absolute Gasteiger partial charge is 0.481 e. The molecule has 0 spiro atoms. The second-order valence-corrected chi connectivity index (χ2v) is 4.67. The minimum atomic E-state index is -4.57. The van der Waals surface area contributed by atoms with Gasteiger partial charge in [0.15, 0.2) is 0 Å². The molecule has 0 saturated carbocycles. The zero-order valence-electron chi connectivity index (χ0n) is 11.1. The molecule has 0 bridgehead atoms. The first-order valence-electron chi connectivity index (χ1n) is 6.05. The van der Waals surface area contributed by atoms with Crippen molar-refractivity contribution in [2.75, 3.05) is 11.9 Å². The Morgan fingerprint density at radius 1 is 1.45 bits per heavy atom. The first-order valence-corrected chi connectivity index (χ1v) is 6.05. The molecule has 1 atom stereocenters. The summed E-state index contributed by atoms with van der Waals surface area (Å²) in [6, 6.07) is 1.44. The molecule has 1 heterocycles. The normalized spacial score (nSPS) is 13.3. The summed E-state index contributed by atoms with van der Waals surface area (Å²) in [6.45, 7) is 3.19. The van der Waals surface area contributed by atoms with Gasteiger partial charge < -0.3 is 10.4 Å². The molecule has 0 fully saturated rings. The van der Waals surface area contributed by atoms with Crippen molar-refractivity contribution in [2.24, 2.45) is 5.92 Å². The maximum absolute atomic E-state index is 12.7. The van der Waals surface area contributed by atoms with Crippen LogP contribution in [0.25, 0.3) is 0 Å². The number of hydrogen-bond acceptors (Lipinski definition) is 4. The quantitative estimate of drug-likeness (QED) is 0.842. The smallest absolute Gasteiger partial charge is 0.394 e. The standard InChI is InChI=1S/C12H16F3N3O2/c1-7(2)11-16-4-3-9(18-11)17-6-8(5-10(19)20)12(13,14)15/h3-4,7-8H,5-6H2,1-2H3,(H,19,20)(H,16,17,18). The number of anilines is 1. The summed E-state index contributed by atoms with van der Waals surface area (Å²) in [6.07, 6.45) is -4.09. The van der Waals surface area contributed by atoms with Gasteiger partial charge in [-0.1, -0.05) is 13.8 Å². The highest BCUT2D eigenvalue weighted by atomic mass is 19.4. The van der Waals surface area contributed by atoms with E-state index in [1.54, 1.807) is 0 Å². The van der Waals surface area contributed by atoms with Crippen molar-refractivity contribution in [2.45, 2.75) is 32.4 Å². The molecule has 0 aliphatic carbocycles. The van der Waals surface area contributed by atoms with Gasteiger partial charge in [-0.3, -0.25) is 4.79 Å². The number of nitrogens with one attached hydrogen (secondary N) is 1. The van der Waals surface area contributed by atoms with Crippen molar-refractivity contribution >= 4 is 11.8 Å². The Morgan fingerprint density at radius 2 is 2.10 bits per heavy atom. The molecule has 0 aliphatic heterocycles. The van der Waals surface area contributed by atoms with E-state index in [9.17, 15) is 18.0 Å². The van der Waals surface area contributed by atoms with Crippen LogP contribution < -0.4 is 5.32 Å². The third-order valence-electron chi connectivity index (χ3n) is 2.60. The summed E-state index contributed by atoms with van der Waals surface area (Å²) in [4.78, 5) is 18.5. The van der Waals surface area contributed by atoms with Gasteiger partial charge in [0.2, 0.25) is 0 Å². The van der Waals surface area contributed by atoms with E-state index >= 15 is 0 Å².